The molecule has 2 fully saturated rings. The van der Waals surface area contributed by atoms with Crippen molar-refractivity contribution in [2.45, 2.75) is 37.9 Å². The lowest BCUT2D eigenvalue weighted by atomic mass is 10.1. The van der Waals surface area contributed by atoms with E-state index in [1.807, 2.05) is 24.3 Å². The third kappa shape index (κ3) is 7.20. The quantitative estimate of drug-likeness (QED) is 0.511. The number of nitrogens with one attached hydrogen (secondary N) is 3. The average Bonchev–Trinajstić information content (AvgIpc) is 3.55. The van der Waals surface area contributed by atoms with Gasteiger partial charge in [-0.1, -0.05) is 6.07 Å². The Bertz CT molecular complexity index is 922. The van der Waals surface area contributed by atoms with Gasteiger partial charge in [0.1, 0.15) is 12.4 Å². The topological polar surface area (TPSA) is 97.9 Å². The third-order valence-electron chi connectivity index (χ3n) is 5.69. The van der Waals surface area contributed by atoms with Crippen molar-refractivity contribution in [1.82, 2.24) is 5.32 Å². The molecule has 2 saturated heterocycles. The molecular formula is C25H31N3O5. The highest BCUT2D eigenvalue weighted by molar-refractivity contribution is 5.98. The summed E-state index contributed by atoms with van der Waals surface area (Å²) in [6, 6.07) is 14.4. The number of carbonyl (C=O) groups is 2. The molecule has 0 saturated carbocycles. The third-order valence-corrected chi connectivity index (χ3v) is 5.69. The van der Waals surface area contributed by atoms with E-state index in [0.29, 0.717) is 24.4 Å². The predicted molar refractivity (Wildman–Crippen MR) is 126 cm³/mol. The maximum Gasteiger partial charge on any atom is 0.251 e. The van der Waals surface area contributed by atoms with Crippen molar-refractivity contribution >= 4 is 23.2 Å². The Morgan fingerprint density at radius 1 is 0.939 bits per heavy atom. The van der Waals surface area contributed by atoms with E-state index >= 15 is 0 Å². The van der Waals surface area contributed by atoms with Crippen LogP contribution in [-0.2, 0) is 14.3 Å². The Morgan fingerprint density at radius 2 is 1.70 bits per heavy atom. The molecule has 33 heavy (non-hydrogen) atoms. The summed E-state index contributed by atoms with van der Waals surface area (Å²) in [5, 5.41) is 8.81. The highest BCUT2D eigenvalue weighted by Crippen LogP contribution is 2.18. The van der Waals surface area contributed by atoms with Gasteiger partial charge < -0.3 is 30.2 Å². The van der Waals surface area contributed by atoms with Gasteiger partial charge in [-0.15, -0.1) is 0 Å². The molecule has 2 aromatic rings. The van der Waals surface area contributed by atoms with Crippen molar-refractivity contribution in [3.05, 3.63) is 54.1 Å². The predicted octanol–water partition coefficient (Wildman–Crippen LogP) is 3.20. The molecule has 0 spiro atoms. The molecular weight excluding hydrogens is 422 g/mol. The summed E-state index contributed by atoms with van der Waals surface area (Å²) < 4.78 is 16.8. The van der Waals surface area contributed by atoms with E-state index in [-0.39, 0.29) is 30.6 Å². The summed E-state index contributed by atoms with van der Waals surface area (Å²) in [5.74, 6) is 0.391. The summed E-state index contributed by atoms with van der Waals surface area (Å²) in [6.07, 6.45) is 4.39. The molecule has 0 radical (unpaired) electrons. The molecule has 2 aromatic carbocycles. The SMILES string of the molecule is O=C(CNc1ccc(OCC2CCCO2)cc1)Nc1cccc(C(=O)NCC2CCCO2)c1. The van der Waals surface area contributed by atoms with E-state index in [0.717, 1.165) is 50.3 Å². The lowest BCUT2D eigenvalue weighted by Crippen LogP contribution is -2.31. The molecule has 0 aromatic heterocycles. The zero-order valence-corrected chi connectivity index (χ0v) is 18.7. The van der Waals surface area contributed by atoms with E-state index in [1.54, 1.807) is 24.3 Å². The van der Waals surface area contributed by atoms with Gasteiger partial charge in [0.25, 0.3) is 5.91 Å². The molecule has 3 N–H and O–H groups in total. The number of carbonyl (C=O) groups excluding carboxylic acids is 2. The minimum atomic E-state index is -0.203. The summed E-state index contributed by atoms with van der Waals surface area (Å²) >= 11 is 0. The highest BCUT2D eigenvalue weighted by atomic mass is 16.5. The maximum absolute atomic E-state index is 12.4. The van der Waals surface area contributed by atoms with Crippen LogP contribution in [0.5, 0.6) is 5.75 Å². The van der Waals surface area contributed by atoms with E-state index in [2.05, 4.69) is 16.0 Å². The summed E-state index contributed by atoms with van der Waals surface area (Å²) in [6.45, 7) is 2.72. The molecule has 0 aliphatic carbocycles. The highest BCUT2D eigenvalue weighted by Gasteiger charge is 2.17. The first-order valence-electron chi connectivity index (χ1n) is 11.5. The largest absolute Gasteiger partial charge is 0.491 e. The smallest absolute Gasteiger partial charge is 0.251 e. The maximum atomic E-state index is 12.4. The molecule has 0 bridgehead atoms. The normalized spacial score (nSPS) is 19.8. The van der Waals surface area contributed by atoms with Crippen LogP contribution in [0.25, 0.3) is 0 Å². The summed E-state index contributed by atoms with van der Waals surface area (Å²) in [7, 11) is 0. The van der Waals surface area contributed by atoms with Gasteiger partial charge in [0.15, 0.2) is 0 Å². The van der Waals surface area contributed by atoms with Gasteiger partial charge in [-0.25, -0.2) is 0 Å². The van der Waals surface area contributed by atoms with Gasteiger partial charge in [0, 0.05) is 36.7 Å². The van der Waals surface area contributed by atoms with Gasteiger partial charge in [0.05, 0.1) is 18.8 Å². The van der Waals surface area contributed by atoms with Crippen LogP contribution < -0.4 is 20.7 Å². The number of benzene rings is 2. The van der Waals surface area contributed by atoms with Crippen LogP contribution in [-0.4, -0.2) is 56.9 Å². The molecule has 2 atom stereocenters. The van der Waals surface area contributed by atoms with Crippen LogP contribution in [0.1, 0.15) is 36.0 Å². The second kappa shape index (κ2) is 11.7. The van der Waals surface area contributed by atoms with Crippen LogP contribution in [0.3, 0.4) is 0 Å². The van der Waals surface area contributed by atoms with Crippen molar-refractivity contribution < 1.29 is 23.8 Å². The van der Waals surface area contributed by atoms with Crippen LogP contribution in [0.15, 0.2) is 48.5 Å². The Kier molecular flexibility index (Phi) is 8.16. The van der Waals surface area contributed by atoms with Crippen LogP contribution in [0.2, 0.25) is 0 Å². The van der Waals surface area contributed by atoms with Gasteiger partial charge in [0.2, 0.25) is 5.91 Å². The standard InChI is InChI=1S/C25H31N3O5/c29-24(16-26-19-8-10-21(11-9-19)33-17-23-7-3-13-32-23)28-20-5-1-4-18(14-20)25(30)27-15-22-6-2-12-31-22/h1,4-5,8-11,14,22-23,26H,2-3,6-7,12-13,15-17H2,(H,27,30)(H,28,29). The summed E-state index contributed by atoms with van der Waals surface area (Å²) in [5.41, 5.74) is 1.89. The van der Waals surface area contributed by atoms with Crippen molar-refractivity contribution in [2.24, 2.45) is 0 Å². The second-order valence-corrected chi connectivity index (χ2v) is 8.30. The van der Waals surface area contributed by atoms with E-state index < -0.39 is 0 Å². The minimum Gasteiger partial charge on any atom is -0.491 e. The number of rotatable bonds is 10. The molecule has 8 nitrogen and oxygen atoms in total. The molecule has 4 rings (SSSR count). The molecule has 2 amide bonds. The number of hydrogen-bond donors (Lipinski definition) is 3. The monoisotopic (exact) mass is 453 g/mol. The second-order valence-electron chi connectivity index (χ2n) is 8.30. The van der Waals surface area contributed by atoms with Crippen molar-refractivity contribution in [3.8, 4) is 5.75 Å². The molecule has 176 valence electrons. The van der Waals surface area contributed by atoms with Crippen molar-refractivity contribution in [3.63, 3.8) is 0 Å². The number of anilines is 2. The van der Waals surface area contributed by atoms with Gasteiger partial charge in [-0.05, 0) is 68.1 Å². The van der Waals surface area contributed by atoms with Gasteiger partial charge >= 0.3 is 0 Å². The zero-order chi connectivity index (χ0) is 22.9. The Balaban J connectivity index is 1.20. The first-order chi connectivity index (χ1) is 16.2. The fraction of sp³-hybridized carbons (Fsp3) is 0.440. The first kappa shape index (κ1) is 23.1. The molecule has 2 aliphatic rings. The van der Waals surface area contributed by atoms with Crippen LogP contribution in [0.4, 0.5) is 11.4 Å². The Labute approximate surface area is 194 Å². The fourth-order valence-corrected chi connectivity index (χ4v) is 3.87. The van der Waals surface area contributed by atoms with E-state index in [9.17, 15) is 9.59 Å². The number of hydrogen-bond acceptors (Lipinski definition) is 6. The molecule has 8 heteroatoms. The summed E-state index contributed by atoms with van der Waals surface area (Å²) in [4.78, 5) is 24.7. The van der Waals surface area contributed by atoms with Gasteiger partial charge in [-0.3, -0.25) is 9.59 Å². The average molecular weight is 454 g/mol. The van der Waals surface area contributed by atoms with Crippen LogP contribution >= 0.6 is 0 Å². The molecule has 2 heterocycles. The molecule has 2 unspecified atom stereocenters. The van der Waals surface area contributed by atoms with Crippen molar-refractivity contribution in [2.75, 3.05) is 43.5 Å². The lowest BCUT2D eigenvalue weighted by molar-refractivity contribution is -0.114. The first-order valence-corrected chi connectivity index (χ1v) is 11.5. The van der Waals surface area contributed by atoms with Crippen molar-refractivity contribution in [1.29, 1.82) is 0 Å². The van der Waals surface area contributed by atoms with Gasteiger partial charge in [-0.2, -0.15) is 0 Å². The number of amides is 2. The Morgan fingerprint density at radius 3 is 2.42 bits per heavy atom. The fourth-order valence-electron chi connectivity index (χ4n) is 3.87. The van der Waals surface area contributed by atoms with E-state index in [4.69, 9.17) is 14.2 Å². The van der Waals surface area contributed by atoms with E-state index in [1.165, 1.54) is 0 Å². The minimum absolute atomic E-state index is 0.0878. The molecule has 2 aliphatic heterocycles. The van der Waals surface area contributed by atoms with Crippen LogP contribution in [0, 0.1) is 0 Å². The zero-order valence-electron chi connectivity index (χ0n) is 18.7. The lowest BCUT2D eigenvalue weighted by Gasteiger charge is -2.13. The number of ether oxygens (including phenoxy) is 3. The Hall–Kier alpha value is -3.10.